The first kappa shape index (κ1) is 18.2. The Labute approximate surface area is 161 Å². The van der Waals surface area contributed by atoms with Crippen molar-refractivity contribution in [3.05, 3.63) is 65.7 Å². The zero-order chi connectivity index (χ0) is 18.5. The van der Waals surface area contributed by atoms with Crippen LogP contribution >= 0.6 is 0 Å². The molecule has 1 heterocycles. The van der Waals surface area contributed by atoms with Crippen LogP contribution in [0.5, 0.6) is 0 Å². The second kappa shape index (κ2) is 8.24. The van der Waals surface area contributed by atoms with Gasteiger partial charge in [0.25, 0.3) is 0 Å². The molecule has 0 bridgehead atoms. The third kappa shape index (κ3) is 4.57. The minimum Gasteiger partial charge on any atom is -0.376 e. The lowest BCUT2D eigenvalue weighted by molar-refractivity contribution is -0.118. The van der Waals surface area contributed by atoms with Gasteiger partial charge in [-0.15, -0.1) is 0 Å². The van der Waals surface area contributed by atoms with E-state index in [2.05, 4.69) is 34.9 Å². The largest absolute Gasteiger partial charge is 0.376 e. The van der Waals surface area contributed by atoms with Crippen molar-refractivity contribution in [3.63, 3.8) is 0 Å². The number of hydrogen-bond donors (Lipinski definition) is 2. The molecule has 2 fully saturated rings. The number of amides is 1. The third-order valence-electron chi connectivity index (χ3n) is 5.95. The molecule has 0 aromatic heterocycles. The fourth-order valence-corrected chi connectivity index (χ4v) is 4.19. The summed E-state index contributed by atoms with van der Waals surface area (Å²) in [5, 5.41) is 6.50. The molecule has 1 aliphatic carbocycles. The van der Waals surface area contributed by atoms with E-state index in [0.29, 0.717) is 13.2 Å². The van der Waals surface area contributed by atoms with Crippen molar-refractivity contribution < 1.29 is 9.53 Å². The smallest absolute Gasteiger partial charge is 0.228 e. The molecule has 4 nitrogen and oxygen atoms in total. The molecule has 2 aliphatic rings. The van der Waals surface area contributed by atoms with Crippen molar-refractivity contribution in [3.8, 4) is 0 Å². The molecule has 142 valence electrons. The first-order valence-corrected chi connectivity index (χ1v) is 9.97. The molecule has 1 aliphatic heterocycles. The van der Waals surface area contributed by atoms with E-state index in [1.165, 1.54) is 5.56 Å². The number of ether oxygens (including phenoxy) is 1. The van der Waals surface area contributed by atoms with Gasteiger partial charge in [-0.25, -0.2) is 0 Å². The van der Waals surface area contributed by atoms with Crippen LogP contribution in [0.3, 0.4) is 0 Å². The molecule has 4 heteroatoms. The van der Waals surface area contributed by atoms with Crippen LogP contribution in [-0.4, -0.2) is 25.6 Å². The van der Waals surface area contributed by atoms with E-state index in [-0.39, 0.29) is 17.2 Å². The van der Waals surface area contributed by atoms with Gasteiger partial charge in [0.1, 0.15) is 0 Å². The zero-order valence-corrected chi connectivity index (χ0v) is 15.7. The molecule has 2 aromatic rings. The highest BCUT2D eigenvalue weighted by atomic mass is 16.5. The predicted octanol–water partition coefficient (Wildman–Crippen LogP) is 3.77. The second-order valence-electron chi connectivity index (χ2n) is 7.85. The van der Waals surface area contributed by atoms with Crippen molar-refractivity contribution in [2.75, 3.05) is 25.0 Å². The fraction of sp³-hybridized carbons (Fsp3) is 0.435. The van der Waals surface area contributed by atoms with Gasteiger partial charge in [-0.3, -0.25) is 4.79 Å². The van der Waals surface area contributed by atoms with Gasteiger partial charge in [-0.05, 0) is 67.4 Å². The third-order valence-corrected chi connectivity index (χ3v) is 5.95. The Morgan fingerprint density at radius 1 is 1.07 bits per heavy atom. The molecular formula is C23H28N2O2. The molecule has 1 amide bonds. The minimum atomic E-state index is 0.180. The van der Waals surface area contributed by atoms with Crippen LogP contribution in [0.4, 0.5) is 5.69 Å². The molecule has 2 N–H and O–H groups in total. The van der Waals surface area contributed by atoms with Gasteiger partial charge in [0.2, 0.25) is 5.91 Å². The fourth-order valence-electron chi connectivity index (χ4n) is 4.19. The Hall–Kier alpha value is -2.17. The molecule has 1 saturated heterocycles. The van der Waals surface area contributed by atoms with E-state index >= 15 is 0 Å². The minimum absolute atomic E-state index is 0.180. The number of carbonyl (C=O) groups is 1. The van der Waals surface area contributed by atoms with Crippen LogP contribution < -0.4 is 10.6 Å². The molecule has 1 saturated carbocycles. The first-order valence-electron chi connectivity index (χ1n) is 9.97. The van der Waals surface area contributed by atoms with Crippen LogP contribution in [0.1, 0.15) is 30.4 Å². The van der Waals surface area contributed by atoms with Gasteiger partial charge in [0.05, 0.1) is 13.2 Å². The molecule has 4 rings (SSSR count). The van der Waals surface area contributed by atoms with Crippen LogP contribution in [-0.2, 0) is 22.6 Å². The predicted molar refractivity (Wildman–Crippen MR) is 108 cm³/mol. The standard InChI is InChI=1S/C23H28N2O2/c26-22(21-16-23(21)10-12-24-13-11-23)25-20-8-4-7-19(15-20)17-27-14-9-18-5-2-1-3-6-18/h1-8,15,21,24H,9-14,16-17H2,(H,25,26). The second-order valence-corrected chi connectivity index (χ2v) is 7.85. The normalized spacial score (nSPS) is 20.4. The van der Waals surface area contributed by atoms with E-state index in [4.69, 9.17) is 4.74 Å². The van der Waals surface area contributed by atoms with Crippen LogP contribution in [0.25, 0.3) is 0 Å². The Bertz CT molecular complexity index is 769. The maximum atomic E-state index is 12.6. The Morgan fingerprint density at radius 3 is 2.67 bits per heavy atom. The average Bonchev–Trinajstić information content (AvgIpc) is 3.40. The molecule has 1 spiro atoms. The number of nitrogens with one attached hydrogen (secondary N) is 2. The van der Waals surface area contributed by atoms with Crippen molar-refractivity contribution >= 4 is 11.6 Å². The van der Waals surface area contributed by atoms with Gasteiger partial charge in [-0.1, -0.05) is 42.5 Å². The Balaban J connectivity index is 1.25. The van der Waals surface area contributed by atoms with Gasteiger partial charge >= 0.3 is 0 Å². The summed E-state index contributed by atoms with van der Waals surface area (Å²) < 4.78 is 5.81. The number of carbonyl (C=O) groups excluding carboxylic acids is 1. The SMILES string of the molecule is O=C(Nc1cccc(COCCc2ccccc2)c1)C1CC12CCNCC2. The van der Waals surface area contributed by atoms with Crippen LogP contribution in [0.2, 0.25) is 0 Å². The van der Waals surface area contributed by atoms with Crippen molar-refractivity contribution in [2.45, 2.75) is 32.3 Å². The highest BCUT2D eigenvalue weighted by Gasteiger charge is 2.57. The maximum Gasteiger partial charge on any atom is 0.228 e. The maximum absolute atomic E-state index is 12.6. The van der Waals surface area contributed by atoms with Crippen LogP contribution in [0.15, 0.2) is 54.6 Å². The quantitative estimate of drug-likeness (QED) is 0.735. The summed E-state index contributed by atoms with van der Waals surface area (Å²) in [6, 6.07) is 18.4. The lowest BCUT2D eigenvalue weighted by Crippen LogP contribution is -2.31. The summed E-state index contributed by atoms with van der Waals surface area (Å²) in [5.41, 5.74) is 3.52. The Morgan fingerprint density at radius 2 is 1.85 bits per heavy atom. The van der Waals surface area contributed by atoms with Crippen molar-refractivity contribution in [1.29, 1.82) is 0 Å². The highest BCUT2D eigenvalue weighted by Crippen LogP contribution is 2.58. The van der Waals surface area contributed by atoms with E-state index in [0.717, 1.165) is 50.0 Å². The van der Waals surface area contributed by atoms with Crippen molar-refractivity contribution in [1.82, 2.24) is 5.32 Å². The number of hydrogen-bond acceptors (Lipinski definition) is 3. The molecule has 1 atom stereocenters. The molecule has 2 aromatic carbocycles. The van der Waals surface area contributed by atoms with Gasteiger partial charge < -0.3 is 15.4 Å². The Kier molecular flexibility index (Phi) is 5.55. The first-order chi connectivity index (χ1) is 13.3. The van der Waals surface area contributed by atoms with Crippen LogP contribution in [0, 0.1) is 11.3 Å². The summed E-state index contributed by atoms with van der Waals surface area (Å²) >= 11 is 0. The monoisotopic (exact) mass is 364 g/mol. The van der Waals surface area contributed by atoms with Gasteiger partial charge in [0.15, 0.2) is 0 Å². The summed E-state index contributed by atoms with van der Waals surface area (Å²) in [4.78, 5) is 12.6. The number of benzene rings is 2. The highest BCUT2D eigenvalue weighted by molar-refractivity contribution is 5.95. The topological polar surface area (TPSA) is 50.4 Å². The van der Waals surface area contributed by atoms with Crippen molar-refractivity contribution in [2.24, 2.45) is 11.3 Å². The van der Waals surface area contributed by atoms with Gasteiger partial charge in [-0.2, -0.15) is 0 Å². The number of piperidine rings is 1. The number of rotatable bonds is 7. The van der Waals surface area contributed by atoms with Gasteiger partial charge in [0, 0.05) is 11.6 Å². The summed E-state index contributed by atoms with van der Waals surface area (Å²) in [7, 11) is 0. The number of anilines is 1. The molecule has 27 heavy (non-hydrogen) atoms. The summed E-state index contributed by atoms with van der Waals surface area (Å²) in [6.07, 6.45) is 4.21. The molecule has 1 unspecified atom stereocenters. The van der Waals surface area contributed by atoms with E-state index in [9.17, 15) is 4.79 Å². The zero-order valence-electron chi connectivity index (χ0n) is 15.7. The average molecular weight is 364 g/mol. The summed E-state index contributed by atoms with van der Waals surface area (Å²) in [5.74, 6) is 0.365. The summed E-state index contributed by atoms with van der Waals surface area (Å²) in [6.45, 7) is 3.34. The lowest BCUT2D eigenvalue weighted by atomic mass is 9.92. The van der Waals surface area contributed by atoms with E-state index in [1.54, 1.807) is 0 Å². The molecule has 0 radical (unpaired) electrons. The molecular weight excluding hydrogens is 336 g/mol. The van der Waals surface area contributed by atoms with E-state index in [1.807, 2.05) is 30.3 Å². The van der Waals surface area contributed by atoms with E-state index < -0.39 is 0 Å². The lowest BCUT2D eigenvalue weighted by Gasteiger charge is -2.23.